The lowest BCUT2D eigenvalue weighted by Gasteiger charge is -2.24. The van der Waals surface area contributed by atoms with Gasteiger partial charge in [0.2, 0.25) is 10.0 Å². The fourth-order valence-electron chi connectivity index (χ4n) is 3.67. The molecular formula is C24H24N2O4S. The standard InChI is InChI=1S/C24H24N2O4S/c1-17-11-13-18(14-12-17)26(31(2,28)29)15-19(27)16-30-25-24-22-9-5-3-7-20(22)21-8-4-6-10-23(21)24/h3-14,19,27H,15-16H2,1-2H3/t19-/m0/s1. The zero-order valence-electron chi connectivity index (χ0n) is 17.4. The number of anilines is 1. The van der Waals surface area contributed by atoms with Crippen LogP contribution in [0.15, 0.2) is 78.0 Å². The Balaban J connectivity index is 1.49. The van der Waals surface area contributed by atoms with Gasteiger partial charge in [0, 0.05) is 11.1 Å². The second-order valence-electron chi connectivity index (χ2n) is 7.61. The summed E-state index contributed by atoms with van der Waals surface area (Å²) < 4.78 is 25.7. The Bertz CT molecular complexity index is 1170. The summed E-state index contributed by atoms with van der Waals surface area (Å²) >= 11 is 0. The first-order valence-corrected chi connectivity index (χ1v) is 11.8. The molecule has 4 rings (SSSR count). The Morgan fingerprint density at radius 1 is 0.903 bits per heavy atom. The number of rotatable bonds is 7. The van der Waals surface area contributed by atoms with Crippen molar-refractivity contribution in [1.82, 2.24) is 0 Å². The number of nitrogens with zero attached hydrogens (tertiary/aromatic N) is 2. The average Bonchev–Trinajstić information content (AvgIpc) is 3.06. The maximum atomic E-state index is 12.3. The Morgan fingerprint density at radius 3 is 1.94 bits per heavy atom. The van der Waals surface area contributed by atoms with Crippen LogP contribution in [-0.2, 0) is 14.9 Å². The van der Waals surface area contributed by atoms with Crippen molar-refractivity contribution in [2.45, 2.75) is 13.0 Å². The molecule has 0 aromatic heterocycles. The molecular weight excluding hydrogens is 412 g/mol. The van der Waals surface area contributed by atoms with E-state index >= 15 is 0 Å². The molecule has 3 aromatic carbocycles. The molecule has 7 heteroatoms. The predicted octanol–water partition coefficient (Wildman–Crippen LogP) is 3.57. The lowest BCUT2D eigenvalue weighted by molar-refractivity contribution is 0.0456. The first kappa shape index (κ1) is 21.1. The van der Waals surface area contributed by atoms with Crippen molar-refractivity contribution in [2.75, 3.05) is 23.7 Å². The smallest absolute Gasteiger partial charge is 0.232 e. The highest BCUT2D eigenvalue weighted by Gasteiger charge is 2.25. The van der Waals surface area contributed by atoms with Gasteiger partial charge in [-0.1, -0.05) is 71.4 Å². The van der Waals surface area contributed by atoms with Crippen LogP contribution >= 0.6 is 0 Å². The summed E-state index contributed by atoms with van der Waals surface area (Å²) in [4.78, 5) is 5.48. The molecule has 0 radical (unpaired) electrons. The number of sulfonamides is 1. The molecule has 0 spiro atoms. The van der Waals surface area contributed by atoms with E-state index < -0.39 is 16.1 Å². The van der Waals surface area contributed by atoms with Crippen LogP contribution in [0.5, 0.6) is 0 Å². The molecule has 6 nitrogen and oxygen atoms in total. The Labute approximate surface area is 182 Å². The number of aliphatic hydroxyl groups excluding tert-OH is 1. The molecule has 1 aliphatic carbocycles. The lowest BCUT2D eigenvalue weighted by Crippen LogP contribution is -2.38. The van der Waals surface area contributed by atoms with Crippen molar-refractivity contribution >= 4 is 21.4 Å². The van der Waals surface area contributed by atoms with E-state index in [0.29, 0.717) is 11.4 Å². The number of fused-ring (bicyclic) bond motifs is 3. The largest absolute Gasteiger partial charge is 0.392 e. The molecule has 1 atom stereocenters. The molecule has 0 amide bonds. The second kappa shape index (κ2) is 8.53. The average molecular weight is 437 g/mol. The monoisotopic (exact) mass is 436 g/mol. The van der Waals surface area contributed by atoms with Gasteiger partial charge in [0.05, 0.1) is 18.5 Å². The Hall–Kier alpha value is -3.16. The van der Waals surface area contributed by atoms with E-state index in [1.54, 1.807) is 12.1 Å². The van der Waals surface area contributed by atoms with Gasteiger partial charge in [0.25, 0.3) is 0 Å². The van der Waals surface area contributed by atoms with Crippen molar-refractivity contribution in [2.24, 2.45) is 5.16 Å². The SMILES string of the molecule is Cc1ccc(N(C[C@H](O)CON=C2c3ccccc3-c3ccccc32)S(C)(=O)=O)cc1. The van der Waals surface area contributed by atoms with Crippen molar-refractivity contribution in [3.63, 3.8) is 0 Å². The van der Waals surface area contributed by atoms with Gasteiger partial charge in [0.15, 0.2) is 0 Å². The molecule has 3 aromatic rings. The maximum absolute atomic E-state index is 12.3. The van der Waals surface area contributed by atoms with E-state index in [1.165, 1.54) is 4.31 Å². The number of aryl methyl sites for hydroxylation is 1. The van der Waals surface area contributed by atoms with Gasteiger partial charge < -0.3 is 9.94 Å². The summed E-state index contributed by atoms with van der Waals surface area (Å²) in [5.74, 6) is 0. The zero-order chi connectivity index (χ0) is 22.0. The van der Waals surface area contributed by atoms with Gasteiger partial charge in [-0.3, -0.25) is 4.31 Å². The van der Waals surface area contributed by atoms with Gasteiger partial charge in [-0.25, -0.2) is 8.42 Å². The highest BCUT2D eigenvalue weighted by molar-refractivity contribution is 7.92. The summed E-state index contributed by atoms with van der Waals surface area (Å²) in [6.07, 6.45) is 0.0693. The van der Waals surface area contributed by atoms with Gasteiger partial charge in [-0.15, -0.1) is 0 Å². The number of hydrogen-bond acceptors (Lipinski definition) is 5. The van der Waals surface area contributed by atoms with E-state index in [4.69, 9.17) is 4.84 Å². The minimum Gasteiger partial charge on any atom is -0.392 e. The second-order valence-corrected chi connectivity index (χ2v) is 9.52. The maximum Gasteiger partial charge on any atom is 0.232 e. The molecule has 31 heavy (non-hydrogen) atoms. The van der Waals surface area contributed by atoms with Crippen molar-refractivity contribution in [3.8, 4) is 11.1 Å². The van der Waals surface area contributed by atoms with Gasteiger partial charge in [0.1, 0.15) is 18.4 Å². The number of hydrogen-bond donors (Lipinski definition) is 1. The number of benzene rings is 3. The van der Waals surface area contributed by atoms with Crippen LogP contribution in [0.1, 0.15) is 16.7 Å². The Morgan fingerprint density at radius 2 is 1.42 bits per heavy atom. The third-order valence-corrected chi connectivity index (χ3v) is 6.34. The molecule has 0 aliphatic heterocycles. The minimum atomic E-state index is -3.56. The summed E-state index contributed by atoms with van der Waals surface area (Å²) in [6.45, 7) is 1.67. The molecule has 0 saturated carbocycles. The topological polar surface area (TPSA) is 79.2 Å². The highest BCUT2D eigenvalue weighted by Crippen LogP contribution is 2.36. The lowest BCUT2D eigenvalue weighted by atomic mass is 10.1. The quantitative estimate of drug-likeness (QED) is 0.449. The van der Waals surface area contributed by atoms with Crippen LogP contribution < -0.4 is 4.31 Å². The summed E-state index contributed by atoms with van der Waals surface area (Å²) in [5, 5.41) is 14.8. The van der Waals surface area contributed by atoms with Crippen LogP contribution in [0.25, 0.3) is 11.1 Å². The van der Waals surface area contributed by atoms with Crippen LogP contribution in [0, 0.1) is 6.92 Å². The summed E-state index contributed by atoms with van der Waals surface area (Å²) in [7, 11) is -3.56. The Kier molecular flexibility index (Phi) is 5.80. The van der Waals surface area contributed by atoms with E-state index in [-0.39, 0.29) is 13.2 Å². The first-order chi connectivity index (χ1) is 14.8. The molecule has 1 N–H and O–H groups in total. The fourth-order valence-corrected chi connectivity index (χ4v) is 4.62. The van der Waals surface area contributed by atoms with Crippen molar-refractivity contribution in [1.29, 1.82) is 0 Å². The van der Waals surface area contributed by atoms with Crippen LogP contribution in [0.3, 0.4) is 0 Å². The number of aliphatic hydroxyl groups is 1. The third kappa shape index (κ3) is 4.47. The molecule has 0 fully saturated rings. The molecule has 0 heterocycles. The zero-order valence-corrected chi connectivity index (χ0v) is 18.2. The number of oxime groups is 1. The highest BCUT2D eigenvalue weighted by atomic mass is 32.2. The molecule has 0 unspecified atom stereocenters. The fraction of sp³-hybridized carbons (Fsp3) is 0.208. The van der Waals surface area contributed by atoms with Gasteiger partial charge >= 0.3 is 0 Å². The minimum absolute atomic E-state index is 0.125. The van der Waals surface area contributed by atoms with E-state index in [2.05, 4.69) is 5.16 Å². The molecule has 0 saturated heterocycles. The van der Waals surface area contributed by atoms with Gasteiger partial charge in [-0.2, -0.15) is 0 Å². The predicted molar refractivity (Wildman–Crippen MR) is 123 cm³/mol. The summed E-state index contributed by atoms with van der Waals surface area (Å²) in [6, 6.07) is 23.0. The molecule has 1 aliphatic rings. The first-order valence-electron chi connectivity index (χ1n) is 9.96. The summed E-state index contributed by atoms with van der Waals surface area (Å²) in [5.41, 5.74) is 6.33. The van der Waals surface area contributed by atoms with Crippen LogP contribution in [-0.4, -0.2) is 44.7 Å². The van der Waals surface area contributed by atoms with Gasteiger partial charge in [-0.05, 0) is 30.2 Å². The normalized spacial score (nSPS) is 13.3. The van der Waals surface area contributed by atoms with Crippen molar-refractivity contribution in [3.05, 3.63) is 89.5 Å². The molecule has 160 valence electrons. The van der Waals surface area contributed by atoms with E-state index in [9.17, 15) is 13.5 Å². The molecule has 0 bridgehead atoms. The van der Waals surface area contributed by atoms with Crippen LogP contribution in [0.4, 0.5) is 5.69 Å². The van der Waals surface area contributed by atoms with E-state index in [0.717, 1.165) is 34.1 Å². The van der Waals surface area contributed by atoms with Crippen molar-refractivity contribution < 1.29 is 18.4 Å². The third-order valence-electron chi connectivity index (χ3n) is 5.18. The van der Waals surface area contributed by atoms with E-state index in [1.807, 2.05) is 67.6 Å². The van der Waals surface area contributed by atoms with Crippen LogP contribution in [0.2, 0.25) is 0 Å².